The highest BCUT2D eigenvalue weighted by molar-refractivity contribution is 7.10. The van der Waals surface area contributed by atoms with E-state index in [-0.39, 0.29) is 12.5 Å². The van der Waals surface area contributed by atoms with Gasteiger partial charge in [0.05, 0.1) is 6.54 Å². The second-order valence-electron chi connectivity index (χ2n) is 7.83. The van der Waals surface area contributed by atoms with Gasteiger partial charge < -0.3 is 25.5 Å². The third kappa shape index (κ3) is 6.70. The van der Waals surface area contributed by atoms with Crippen molar-refractivity contribution >= 4 is 28.9 Å². The van der Waals surface area contributed by atoms with E-state index in [1.54, 1.807) is 6.92 Å². The number of para-hydroxylation sites is 1. The third-order valence-corrected chi connectivity index (χ3v) is 6.45. The zero-order chi connectivity index (χ0) is 22.1. The topological polar surface area (TPSA) is 80.2 Å². The molecule has 1 aliphatic rings. The van der Waals surface area contributed by atoms with Gasteiger partial charge in [-0.2, -0.15) is 0 Å². The summed E-state index contributed by atoms with van der Waals surface area (Å²) in [5.41, 5.74) is 0.200. The van der Waals surface area contributed by atoms with E-state index in [2.05, 4.69) is 32.7 Å². The Kier molecular flexibility index (Phi) is 8.31. The molecular weight excluding hydrogens is 410 g/mol. The molecule has 0 saturated carbocycles. The minimum Gasteiger partial charge on any atom is -0.383 e. The molecular formula is C23H33N5O2S. The number of thiophene rings is 1. The largest absolute Gasteiger partial charge is 0.383 e. The summed E-state index contributed by atoms with van der Waals surface area (Å²) in [6.45, 7) is 8.41. The summed E-state index contributed by atoms with van der Waals surface area (Å²) in [6, 6.07) is 14.2. The molecule has 0 spiro atoms. The first-order valence-electron chi connectivity index (χ1n) is 10.9. The summed E-state index contributed by atoms with van der Waals surface area (Å²) in [7, 11) is 0. The number of piperazine rings is 1. The fourth-order valence-electron chi connectivity index (χ4n) is 3.54. The molecule has 0 aliphatic carbocycles. The lowest BCUT2D eigenvalue weighted by Crippen LogP contribution is -2.49. The first kappa shape index (κ1) is 23.1. The summed E-state index contributed by atoms with van der Waals surface area (Å²) in [5, 5.41) is 19.0. The lowest BCUT2D eigenvalue weighted by molar-refractivity contribution is -0.131. The first-order valence-corrected chi connectivity index (χ1v) is 11.7. The van der Waals surface area contributed by atoms with E-state index in [1.807, 2.05) is 47.5 Å². The summed E-state index contributed by atoms with van der Waals surface area (Å²) >= 11 is 1.52. The van der Waals surface area contributed by atoms with Crippen LogP contribution in [0.1, 0.15) is 25.1 Å². The van der Waals surface area contributed by atoms with Crippen LogP contribution in [0, 0.1) is 0 Å². The maximum atomic E-state index is 12.6. The Balaban J connectivity index is 1.43. The third-order valence-electron chi connectivity index (χ3n) is 5.33. The van der Waals surface area contributed by atoms with E-state index in [0.717, 1.165) is 31.1 Å². The van der Waals surface area contributed by atoms with E-state index < -0.39 is 5.60 Å². The number of carbonyl (C=O) groups is 1. The number of hydrogen-bond acceptors (Lipinski definition) is 5. The Labute approximate surface area is 188 Å². The molecule has 168 valence electrons. The predicted octanol–water partition coefficient (Wildman–Crippen LogP) is 2.25. The van der Waals surface area contributed by atoms with Crippen molar-refractivity contribution in [2.24, 2.45) is 4.99 Å². The summed E-state index contributed by atoms with van der Waals surface area (Å²) in [6.07, 6.45) is 0.414. The van der Waals surface area contributed by atoms with Crippen molar-refractivity contribution in [3.63, 3.8) is 0 Å². The lowest BCUT2D eigenvalue weighted by atomic mass is 10.1. The Morgan fingerprint density at radius 2 is 1.87 bits per heavy atom. The molecule has 2 aromatic rings. The van der Waals surface area contributed by atoms with Crippen LogP contribution in [0.15, 0.2) is 52.8 Å². The van der Waals surface area contributed by atoms with Crippen LogP contribution < -0.4 is 15.5 Å². The Bertz CT molecular complexity index is 831. The van der Waals surface area contributed by atoms with Crippen LogP contribution >= 0.6 is 11.3 Å². The second kappa shape index (κ2) is 11.2. The first-order chi connectivity index (χ1) is 15.0. The van der Waals surface area contributed by atoms with Crippen LogP contribution in [0.25, 0.3) is 0 Å². The number of carbonyl (C=O) groups excluding carboxylic acids is 1. The molecule has 3 rings (SSSR count). The number of amides is 1. The number of rotatable bonds is 8. The summed E-state index contributed by atoms with van der Waals surface area (Å²) in [4.78, 5) is 22.3. The van der Waals surface area contributed by atoms with Crippen molar-refractivity contribution in [3.05, 3.63) is 52.7 Å². The van der Waals surface area contributed by atoms with Crippen LogP contribution in [0.3, 0.4) is 0 Å². The molecule has 1 aromatic carbocycles. The molecule has 0 bridgehead atoms. The Morgan fingerprint density at radius 3 is 2.52 bits per heavy atom. The second-order valence-corrected chi connectivity index (χ2v) is 8.77. The van der Waals surface area contributed by atoms with E-state index >= 15 is 0 Å². The molecule has 1 aromatic heterocycles. The minimum atomic E-state index is -1.01. The highest BCUT2D eigenvalue weighted by Gasteiger charge is 2.24. The van der Waals surface area contributed by atoms with Gasteiger partial charge in [0.1, 0.15) is 5.60 Å². The number of aliphatic imine (C=N–C) groups is 1. The molecule has 7 nitrogen and oxygen atoms in total. The van der Waals surface area contributed by atoms with Crippen LogP contribution in [0.4, 0.5) is 5.69 Å². The van der Waals surface area contributed by atoms with Crippen molar-refractivity contribution in [3.8, 4) is 0 Å². The lowest BCUT2D eigenvalue weighted by Gasteiger charge is -2.36. The number of benzene rings is 1. The molecule has 8 heteroatoms. The highest BCUT2D eigenvalue weighted by atomic mass is 32.1. The van der Waals surface area contributed by atoms with Crippen molar-refractivity contribution in [2.75, 3.05) is 50.7 Å². The van der Waals surface area contributed by atoms with Crippen LogP contribution in [0.2, 0.25) is 0 Å². The molecule has 1 unspecified atom stereocenters. The number of hydrogen-bond donors (Lipinski definition) is 3. The highest BCUT2D eigenvalue weighted by Crippen LogP contribution is 2.25. The molecule has 1 aliphatic heterocycles. The predicted molar refractivity (Wildman–Crippen MR) is 128 cm³/mol. The van der Waals surface area contributed by atoms with E-state index in [0.29, 0.717) is 25.5 Å². The number of nitrogens with one attached hydrogen (secondary N) is 2. The maximum absolute atomic E-state index is 12.6. The van der Waals surface area contributed by atoms with Gasteiger partial charge >= 0.3 is 0 Å². The smallest absolute Gasteiger partial charge is 0.224 e. The van der Waals surface area contributed by atoms with Crippen molar-refractivity contribution in [2.45, 2.75) is 25.9 Å². The quantitative estimate of drug-likeness (QED) is 0.431. The van der Waals surface area contributed by atoms with Gasteiger partial charge in [-0.1, -0.05) is 24.3 Å². The number of aliphatic hydroxyl groups is 1. The van der Waals surface area contributed by atoms with Gasteiger partial charge in [0, 0.05) is 56.3 Å². The van der Waals surface area contributed by atoms with E-state index in [1.165, 1.54) is 17.0 Å². The summed E-state index contributed by atoms with van der Waals surface area (Å²) < 4.78 is 0. The standard InChI is InChI=1S/C23H33N5O2S/c1-3-24-22(26-18-23(2,30)20-10-7-17-31-20)25-12-11-21(29)28-15-13-27(14-16-28)19-8-5-4-6-9-19/h4-10,17,30H,3,11-16,18H2,1-2H3,(H2,24,25,26). The average molecular weight is 444 g/mol. The van der Waals surface area contributed by atoms with Gasteiger partial charge in [-0.05, 0) is 37.4 Å². The average Bonchev–Trinajstić information content (AvgIpc) is 3.34. The van der Waals surface area contributed by atoms with Crippen molar-refractivity contribution < 1.29 is 9.90 Å². The van der Waals surface area contributed by atoms with Gasteiger partial charge in [0.15, 0.2) is 5.96 Å². The minimum absolute atomic E-state index is 0.154. The molecule has 1 atom stereocenters. The van der Waals surface area contributed by atoms with Crippen LogP contribution in [0.5, 0.6) is 0 Å². The van der Waals surface area contributed by atoms with Crippen LogP contribution in [-0.2, 0) is 10.4 Å². The van der Waals surface area contributed by atoms with Crippen LogP contribution in [-0.4, -0.2) is 67.7 Å². The van der Waals surface area contributed by atoms with E-state index in [4.69, 9.17) is 0 Å². The molecule has 1 fully saturated rings. The zero-order valence-corrected chi connectivity index (χ0v) is 19.2. The normalized spacial score (nSPS) is 16.7. The molecule has 31 heavy (non-hydrogen) atoms. The summed E-state index contributed by atoms with van der Waals surface area (Å²) in [5.74, 6) is 0.766. The monoisotopic (exact) mass is 443 g/mol. The molecule has 1 amide bonds. The van der Waals surface area contributed by atoms with Crippen molar-refractivity contribution in [1.82, 2.24) is 15.5 Å². The number of nitrogens with zero attached hydrogens (tertiary/aromatic N) is 3. The Morgan fingerprint density at radius 1 is 1.13 bits per heavy atom. The van der Waals surface area contributed by atoms with Gasteiger partial charge in [-0.3, -0.25) is 4.79 Å². The fraction of sp³-hybridized carbons (Fsp3) is 0.478. The van der Waals surface area contributed by atoms with Crippen molar-refractivity contribution in [1.29, 1.82) is 0 Å². The number of anilines is 1. The van der Waals surface area contributed by atoms with E-state index in [9.17, 15) is 9.90 Å². The number of guanidine groups is 1. The Hall–Kier alpha value is -2.58. The maximum Gasteiger partial charge on any atom is 0.224 e. The van der Waals surface area contributed by atoms with Gasteiger partial charge in [-0.25, -0.2) is 4.99 Å². The van der Waals surface area contributed by atoms with Gasteiger partial charge in [-0.15, -0.1) is 11.3 Å². The van der Waals surface area contributed by atoms with Gasteiger partial charge in [0.25, 0.3) is 0 Å². The SMILES string of the molecule is CCNC(=NCC(C)(O)c1cccs1)NCCC(=O)N1CCN(c2ccccc2)CC1. The zero-order valence-electron chi connectivity index (χ0n) is 18.4. The van der Waals surface area contributed by atoms with Gasteiger partial charge in [0.2, 0.25) is 5.91 Å². The molecule has 1 saturated heterocycles. The molecule has 3 N–H and O–H groups in total. The molecule has 2 heterocycles. The fourth-order valence-corrected chi connectivity index (χ4v) is 4.32. The molecule has 0 radical (unpaired) electrons.